The predicted octanol–water partition coefficient (Wildman–Crippen LogP) is 2.84. The summed E-state index contributed by atoms with van der Waals surface area (Å²) in [5.41, 5.74) is 0.820. The highest BCUT2D eigenvalue weighted by molar-refractivity contribution is 5.86. The van der Waals surface area contributed by atoms with E-state index in [2.05, 4.69) is 4.98 Å². The molecule has 0 fully saturated rings. The molecule has 100 valence electrons. The molecule has 2 aromatic rings. The van der Waals surface area contributed by atoms with Crippen molar-refractivity contribution in [1.82, 2.24) is 9.55 Å². The molecule has 0 atom stereocenters. The summed E-state index contributed by atoms with van der Waals surface area (Å²) in [6.07, 6.45) is 1.55. The summed E-state index contributed by atoms with van der Waals surface area (Å²) in [4.78, 5) is 15.3. The normalized spacial score (nSPS) is 10.7. The van der Waals surface area contributed by atoms with E-state index in [1.54, 1.807) is 13.3 Å². The minimum atomic E-state index is -1.03. The van der Waals surface area contributed by atoms with Crippen LogP contribution in [0.1, 0.15) is 30.4 Å². The van der Waals surface area contributed by atoms with Gasteiger partial charge in [0.05, 0.1) is 12.7 Å². The number of ether oxygens (including phenoxy) is 1. The molecule has 0 radical (unpaired) electrons. The third-order valence-corrected chi connectivity index (χ3v) is 2.86. The quantitative estimate of drug-likeness (QED) is 0.918. The van der Waals surface area contributed by atoms with E-state index in [4.69, 9.17) is 9.84 Å². The number of nitrogens with zero attached hydrogens (tertiary/aromatic N) is 2. The molecule has 0 amide bonds. The van der Waals surface area contributed by atoms with Crippen molar-refractivity contribution in [3.63, 3.8) is 0 Å². The maximum atomic E-state index is 11.1. The van der Waals surface area contributed by atoms with Crippen LogP contribution in [-0.4, -0.2) is 27.7 Å². The van der Waals surface area contributed by atoms with Gasteiger partial charge in [0.25, 0.3) is 0 Å². The topological polar surface area (TPSA) is 64.3 Å². The number of hydrogen-bond donors (Lipinski definition) is 1. The van der Waals surface area contributed by atoms with Crippen LogP contribution in [0.3, 0.4) is 0 Å². The molecule has 5 heteroatoms. The van der Waals surface area contributed by atoms with E-state index in [0.29, 0.717) is 11.6 Å². The Morgan fingerprint density at radius 3 is 2.63 bits per heavy atom. The Hall–Kier alpha value is -2.30. The lowest BCUT2D eigenvalue weighted by Crippen LogP contribution is -2.02. The van der Waals surface area contributed by atoms with Crippen molar-refractivity contribution in [3.05, 3.63) is 36.2 Å². The molecule has 1 heterocycles. The van der Waals surface area contributed by atoms with Gasteiger partial charge in [-0.3, -0.25) is 0 Å². The molecule has 5 nitrogen and oxygen atoms in total. The van der Waals surface area contributed by atoms with Crippen molar-refractivity contribution < 1.29 is 14.6 Å². The summed E-state index contributed by atoms with van der Waals surface area (Å²) in [5.74, 6) is 0.243. The maximum Gasteiger partial charge on any atom is 0.356 e. The molecule has 1 N–H and O–H groups in total. The SMILES string of the molecule is COc1ccccc1-c1nc(C(=O)O)cn1C(C)C. The largest absolute Gasteiger partial charge is 0.496 e. The fourth-order valence-electron chi connectivity index (χ4n) is 1.92. The van der Waals surface area contributed by atoms with Gasteiger partial charge in [-0.2, -0.15) is 0 Å². The fraction of sp³-hybridized carbons (Fsp3) is 0.286. The van der Waals surface area contributed by atoms with E-state index >= 15 is 0 Å². The second kappa shape index (κ2) is 5.14. The van der Waals surface area contributed by atoms with Crippen molar-refractivity contribution in [2.75, 3.05) is 7.11 Å². The zero-order valence-corrected chi connectivity index (χ0v) is 11.1. The highest BCUT2D eigenvalue weighted by Gasteiger charge is 2.18. The Kier molecular flexibility index (Phi) is 3.55. The standard InChI is InChI=1S/C14H16N2O3/c1-9(2)16-8-11(14(17)18)15-13(16)10-6-4-5-7-12(10)19-3/h4-9H,1-3H3,(H,17,18). The molecular formula is C14H16N2O3. The molecule has 0 aliphatic heterocycles. The number of benzene rings is 1. The zero-order chi connectivity index (χ0) is 14.0. The highest BCUT2D eigenvalue weighted by atomic mass is 16.5. The van der Waals surface area contributed by atoms with Gasteiger partial charge in [0, 0.05) is 12.2 Å². The van der Waals surface area contributed by atoms with Crippen LogP contribution < -0.4 is 4.74 Å². The molecule has 0 bridgehead atoms. The molecule has 0 saturated carbocycles. The van der Waals surface area contributed by atoms with Crippen LogP contribution in [0.4, 0.5) is 0 Å². The second-order valence-corrected chi connectivity index (χ2v) is 4.46. The van der Waals surface area contributed by atoms with E-state index in [1.165, 1.54) is 0 Å². The molecule has 2 rings (SSSR count). The van der Waals surface area contributed by atoms with Crippen LogP contribution in [0, 0.1) is 0 Å². The lowest BCUT2D eigenvalue weighted by molar-refractivity contribution is 0.0691. The first-order valence-corrected chi connectivity index (χ1v) is 6.00. The number of aromatic nitrogens is 2. The van der Waals surface area contributed by atoms with Crippen LogP contribution >= 0.6 is 0 Å². The average molecular weight is 260 g/mol. The first-order chi connectivity index (χ1) is 9.04. The number of carboxylic acids is 1. The molecule has 0 aliphatic carbocycles. The van der Waals surface area contributed by atoms with Crippen molar-refractivity contribution >= 4 is 5.97 Å². The molecule has 0 spiro atoms. The molecular weight excluding hydrogens is 244 g/mol. The average Bonchev–Trinajstić information content (AvgIpc) is 2.83. The molecule has 0 unspecified atom stereocenters. The van der Waals surface area contributed by atoms with E-state index in [0.717, 1.165) is 5.56 Å². The van der Waals surface area contributed by atoms with Crippen LogP contribution in [-0.2, 0) is 0 Å². The number of methoxy groups -OCH3 is 1. The molecule has 1 aromatic carbocycles. The van der Waals surface area contributed by atoms with Crippen molar-refractivity contribution in [2.24, 2.45) is 0 Å². The van der Waals surface area contributed by atoms with E-state index in [1.807, 2.05) is 42.7 Å². The second-order valence-electron chi connectivity index (χ2n) is 4.46. The first-order valence-electron chi connectivity index (χ1n) is 6.00. The number of hydrogen-bond acceptors (Lipinski definition) is 3. The summed E-state index contributed by atoms with van der Waals surface area (Å²) in [5, 5.41) is 9.07. The predicted molar refractivity (Wildman–Crippen MR) is 71.6 cm³/mol. The molecule has 19 heavy (non-hydrogen) atoms. The number of aromatic carboxylic acids is 1. The van der Waals surface area contributed by atoms with Crippen LogP contribution in [0.5, 0.6) is 5.75 Å². The third kappa shape index (κ3) is 2.45. The minimum absolute atomic E-state index is 0.0367. The summed E-state index contributed by atoms with van der Waals surface area (Å²) in [6.45, 7) is 3.96. The highest BCUT2D eigenvalue weighted by Crippen LogP contribution is 2.30. The van der Waals surface area contributed by atoms with Crippen LogP contribution in [0.25, 0.3) is 11.4 Å². The van der Waals surface area contributed by atoms with Gasteiger partial charge in [0.1, 0.15) is 11.6 Å². The smallest absolute Gasteiger partial charge is 0.356 e. The Morgan fingerprint density at radius 1 is 1.37 bits per heavy atom. The Labute approximate surface area is 111 Å². The van der Waals surface area contributed by atoms with Crippen molar-refractivity contribution in [2.45, 2.75) is 19.9 Å². The van der Waals surface area contributed by atoms with Gasteiger partial charge in [-0.05, 0) is 26.0 Å². The summed E-state index contributed by atoms with van der Waals surface area (Å²) >= 11 is 0. The number of para-hydroxylation sites is 1. The Balaban J connectivity index is 2.63. The van der Waals surface area contributed by atoms with Gasteiger partial charge >= 0.3 is 5.97 Å². The van der Waals surface area contributed by atoms with Gasteiger partial charge in [0.2, 0.25) is 0 Å². The summed E-state index contributed by atoms with van der Waals surface area (Å²) in [6, 6.07) is 7.54. The summed E-state index contributed by atoms with van der Waals surface area (Å²) < 4.78 is 7.14. The number of carbonyl (C=O) groups is 1. The van der Waals surface area contributed by atoms with Crippen molar-refractivity contribution in [3.8, 4) is 17.1 Å². The van der Waals surface area contributed by atoms with Gasteiger partial charge < -0.3 is 14.4 Å². The maximum absolute atomic E-state index is 11.1. The number of rotatable bonds is 4. The van der Waals surface area contributed by atoms with Gasteiger partial charge in [0.15, 0.2) is 5.69 Å². The molecule has 0 saturated heterocycles. The lowest BCUT2D eigenvalue weighted by atomic mass is 10.2. The molecule has 1 aromatic heterocycles. The van der Waals surface area contributed by atoms with Gasteiger partial charge in [-0.25, -0.2) is 9.78 Å². The van der Waals surface area contributed by atoms with Crippen molar-refractivity contribution in [1.29, 1.82) is 0 Å². The Bertz CT molecular complexity index is 602. The molecule has 0 aliphatic rings. The van der Waals surface area contributed by atoms with E-state index < -0.39 is 5.97 Å². The van der Waals surface area contributed by atoms with Crippen LogP contribution in [0.2, 0.25) is 0 Å². The van der Waals surface area contributed by atoms with Gasteiger partial charge in [-0.1, -0.05) is 12.1 Å². The monoisotopic (exact) mass is 260 g/mol. The first kappa shape index (κ1) is 13.1. The van der Waals surface area contributed by atoms with E-state index in [9.17, 15) is 4.79 Å². The lowest BCUT2D eigenvalue weighted by Gasteiger charge is -2.13. The number of carboxylic acid groups (broad SMARTS) is 1. The third-order valence-electron chi connectivity index (χ3n) is 2.86. The van der Waals surface area contributed by atoms with Gasteiger partial charge in [-0.15, -0.1) is 0 Å². The van der Waals surface area contributed by atoms with E-state index in [-0.39, 0.29) is 11.7 Å². The zero-order valence-electron chi connectivity index (χ0n) is 11.1. The Morgan fingerprint density at radius 2 is 2.05 bits per heavy atom. The van der Waals surface area contributed by atoms with Crippen LogP contribution in [0.15, 0.2) is 30.5 Å². The fourth-order valence-corrected chi connectivity index (χ4v) is 1.92. The summed E-state index contributed by atoms with van der Waals surface area (Å²) in [7, 11) is 1.58. The minimum Gasteiger partial charge on any atom is -0.496 e. The number of imidazole rings is 1.